The summed E-state index contributed by atoms with van der Waals surface area (Å²) in [5.74, 6) is 0. The van der Waals surface area contributed by atoms with E-state index in [1.165, 1.54) is 11.8 Å². The van der Waals surface area contributed by atoms with Gasteiger partial charge >= 0.3 is 6.18 Å². The first kappa shape index (κ1) is 17.7. The summed E-state index contributed by atoms with van der Waals surface area (Å²) in [5.41, 5.74) is 0.189. The molecule has 2 fully saturated rings. The molecule has 2 rings (SSSR count). The Morgan fingerprint density at radius 1 is 0.944 bits per heavy atom. The number of halogens is 3. The van der Waals surface area contributed by atoms with Crippen molar-refractivity contribution in [1.82, 2.24) is 9.80 Å². The number of alkyl halides is 3. The third-order valence-electron chi connectivity index (χ3n) is 3.31. The molecular weight excluding hydrogens is 241 g/mol. The van der Waals surface area contributed by atoms with Crippen molar-refractivity contribution in [1.29, 1.82) is 0 Å². The molecule has 0 N–H and O–H groups in total. The Balaban J connectivity index is 0.000000659. The Morgan fingerprint density at radius 2 is 1.33 bits per heavy atom. The van der Waals surface area contributed by atoms with Crippen LogP contribution in [0.3, 0.4) is 0 Å². The fraction of sp³-hybridized carbons (Fsp3) is 1.00. The molecule has 2 aliphatic rings. The van der Waals surface area contributed by atoms with E-state index in [2.05, 4.69) is 4.90 Å². The summed E-state index contributed by atoms with van der Waals surface area (Å²) in [5, 5.41) is 0. The second-order valence-corrected chi connectivity index (χ2v) is 4.79. The van der Waals surface area contributed by atoms with Gasteiger partial charge in [-0.25, -0.2) is 0 Å². The summed E-state index contributed by atoms with van der Waals surface area (Å²) >= 11 is 0. The summed E-state index contributed by atoms with van der Waals surface area (Å²) in [7, 11) is 2.00. The van der Waals surface area contributed by atoms with Gasteiger partial charge in [0.25, 0.3) is 0 Å². The molecule has 1 unspecified atom stereocenters. The summed E-state index contributed by atoms with van der Waals surface area (Å²) in [6.45, 7) is 12.4. The highest BCUT2D eigenvalue weighted by Crippen LogP contribution is 2.42. The standard InChI is InChI=1S/C9H15F3N2.2C2H6/c1-7(9(10,11)12)14-5-8(6-14)3-13(2)4-8;2*1-2/h7H,3-6H2,1-2H3;2*1-2H3. The van der Waals surface area contributed by atoms with Crippen molar-refractivity contribution in [2.75, 3.05) is 33.2 Å². The Kier molecular flexibility index (Phi) is 6.65. The van der Waals surface area contributed by atoms with Crippen molar-refractivity contribution >= 4 is 0 Å². The highest BCUT2D eigenvalue weighted by molar-refractivity contribution is 5.06. The van der Waals surface area contributed by atoms with Gasteiger partial charge in [0.05, 0.1) is 0 Å². The maximum atomic E-state index is 12.3. The average molecular weight is 268 g/mol. The predicted octanol–water partition coefficient (Wildman–Crippen LogP) is 3.24. The van der Waals surface area contributed by atoms with Crippen molar-refractivity contribution in [2.24, 2.45) is 5.41 Å². The summed E-state index contributed by atoms with van der Waals surface area (Å²) < 4.78 is 37.0. The lowest BCUT2D eigenvalue weighted by molar-refractivity contribution is -0.219. The average Bonchev–Trinajstić information content (AvgIpc) is 2.25. The highest BCUT2D eigenvalue weighted by atomic mass is 19.4. The fourth-order valence-corrected chi connectivity index (χ4v) is 2.60. The number of nitrogens with zero attached hydrogens (tertiary/aromatic N) is 2. The Labute approximate surface area is 109 Å². The Bertz CT molecular complexity index is 227. The molecular formula is C13H27F3N2. The minimum atomic E-state index is -4.07. The van der Waals surface area contributed by atoms with Gasteiger partial charge in [-0.05, 0) is 14.0 Å². The molecule has 0 aromatic heterocycles. The van der Waals surface area contributed by atoms with Gasteiger partial charge in [0.2, 0.25) is 0 Å². The molecule has 2 saturated heterocycles. The minimum Gasteiger partial charge on any atom is -0.305 e. The van der Waals surface area contributed by atoms with Gasteiger partial charge in [0, 0.05) is 31.6 Å². The van der Waals surface area contributed by atoms with Gasteiger partial charge in [-0.1, -0.05) is 27.7 Å². The second kappa shape index (κ2) is 6.75. The van der Waals surface area contributed by atoms with E-state index in [4.69, 9.17) is 0 Å². The molecule has 110 valence electrons. The van der Waals surface area contributed by atoms with E-state index in [1.54, 1.807) is 0 Å². The van der Waals surface area contributed by atoms with Gasteiger partial charge < -0.3 is 4.90 Å². The Morgan fingerprint density at radius 3 is 1.61 bits per heavy atom. The summed E-state index contributed by atoms with van der Waals surface area (Å²) in [4.78, 5) is 3.67. The van der Waals surface area contributed by atoms with Gasteiger partial charge in [0.15, 0.2) is 0 Å². The zero-order valence-corrected chi connectivity index (χ0v) is 12.4. The van der Waals surface area contributed by atoms with Crippen LogP contribution < -0.4 is 0 Å². The van der Waals surface area contributed by atoms with Crippen molar-refractivity contribution in [3.63, 3.8) is 0 Å². The second-order valence-electron chi connectivity index (χ2n) is 4.79. The Hall–Kier alpha value is -0.290. The van der Waals surface area contributed by atoms with Crippen molar-refractivity contribution in [3.05, 3.63) is 0 Å². The molecule has 1 spiro atoms. The summed E-state index contributed by atoms with van der Waals surface area (Å²) in [6.07, 6.45) is -4.07. The van der Waals surface area contributed by atoms with Crippen LogP contribution in [-0.4, -0.2) is 55.2 Å². The number of likely N-dealkylation sites (tertiary alicyclic amines) is 2. The minimum absolute atomic E-state index is 0.189. The number of hydrogen-bond acceptors (Lipinski definition) is 2. The largest absolute Gasteiger partial charge is 0.403 e. The van der Waals surface area contributed by atoms with Gasteiger partial charge in [-0.3, -0.25) is 4.90 Å². The molecule has 0 aromatic rings. The van der Waals surface area contributed by atoms with Crippen LogP contribution in [0.25, 0.3) is 0 Å². The molecule has 0 aromatic carbocycles. The van der Waals surface area contributed by atoms with Gasteiger partial charge in [-0.2, -0.15) is 13.2 Å². The molecule has 0 saturated carbocycles. The number of rotatable bonds is 1. The molecule has 2 heterocycles. The van der Waals surface area contributed by atoms with Crippen molar-refractivity contribution in [3.8, 4) is 0 Å². The van der Waals surface area contributed by atoms with E-state index in [-0.39, 0.29) is 5.41 Å². The molecule has 1 atom stereocenters. The van der Waals surface area contributed by atoms with Crippen LogP contribution >= 0.6 is 0 Å². The lowest BCUT2D eigenvalue weighted by Gasteiger charge is -2.61. The first-order chi connectivity index (χ1) is 8.32. The number of hydrogen-bond donors (Lipinski definition) is 0. The maximum Gasteiger partial charge on any atom is 0.403 e. The van der Waals surface area contributed by atoms with Crippen LogP contribution in [0.15, 0.2) is 0 Å². The molecule has 0 amide bonds. The zero-order chi connectivity index (χ0) is 14.6. The van der Waals surface area contributed by atoms with Crippen molar-refractivity contribution in [2.45, 2.75) is 46.8 Å². The van der Waals surface area contributed by atoms with E-state index in [9.17, 15) is 13.2 Å². The van der Waals surface area contributed by atoms with E-state index in [0.29, 0.717) is 13.1 Å². The molecule has 5 heteroatoms. The lowest BCUT2D eigenvalue weighted by atomic mass is 9.72. The fourth-order valence-electron chi connectivity index (χ4n) is 2.60. The molecule has 0 bridgehead atoms. The van der Waals surface area contributed by atoms with Crippen LogP contribution in [0.4, 0.5) is 13.2 Å². The van der Waals surface area contributed by atoms with Crippen LogP contribution in [0.5, 0.6) is 0 Å². The smallest absolute Gasteiger partial charge is 0.305 e. The maximum absolute atomic E-state index is 12.3. The van der Waals surface area contributed by atoms with Crippen LogP contribution in [0.2, 0.25) is 0 Å². The quantitative estimate of drug-likeness (QED) is 0.720. The van der Waals surface area contributed by atoms with E-state index in [0.717, 1.165) is 13.1 Å². The first-order valence-corrected chi connectivity index (χ1v) is 6.82. The van der Waals surface area contributed by atoms with E-state index < -0.39 is 12.2 Å². The topological polar surface area (TPSA) is 6.48 Å². The van der Waals surface area contributed by atoms with Crippen LogP contribution in [0.1, 0.15) is 34.6 Å². The SMILES string of the molecule is CC.CC.CC(N1CC2(CN(C)C2)C1)C(F)(F)F. The summed E-state index contributed by atoms with van der Waals surface area (Å²) in [6, 6.07) is -1.28. The normalized spacial score (nSPS) is 23.8. The third-order valence-corrected chi connectivity index (χ3v) is 3.31. The van der Waals surface area contributed by atoms with Gasteiger partial charge in [-0.15, -0.1) is 0 Å². The molecule has 18 heavy (non-hydrogen) atoms. The molecule has 0 radical (unpaired) electrons. The van der Waals surface area contributed by atoms with Gasteiger partial charge in [0.1, 0.15) is 6.04 Å². The monoisotopic (exact) mass is 268 g/mol. The van der Waals surface area contributed by atoms with E-state index >= 15 is 0 Å². The molecule has 0 aliphatic carbocycles. The van der Waals surface area contributed by atoms with E-state index in [1.807, 2.05) is 34.7 Å². The molecule has 2 nitrogen and oxygen atoms in total. The lowest BCUT2D eigenvalue weighted by Crippen LogP contribution is -2.73. The predicted molar refractivity (Wildman–Crippen MR) is 69.7 cm³/mol. The first-order valence-electron chi connectivity index (χ1n) is 6.82. The zero-order valence-electron chi connectivity index (χ0n) is 12.4. The highest BCUT2D eigenvalue weighted by Gasteiger charge is 2.55. The molecule has 2 aliphatic heterocycles. The van der Waals surface area contributed by atoms with Crippen LogP contribution in [0, 0.1) is 5.41 Å². The van der Waals surface area contributed by atoms with Crippen LogP contribution in [-0.2, 0) is 0 Å². The van der Waals surface area contributed by atoms with Crippen molar-refractivity contribution < 1.29 is 13.2 Å². The third kappa shape index (κ3) is 3.85.